The summed E-state index contributed by atoms with van der Waals surface area (Å²) in [5.41, 5.74) is -1.79. The quantitative estimate of drug-likeness (QED) is 0.906. The first kappa shape index (κ1) is 16.8. The fourth-order valence-corrected chi connectivity index (χ4v) is 2.41. The molecule has 0 radical (unpaired) electrons. The topological polar surface area (TPSA) is 75.6 Å². The third kappa shape index (κ3) is 3.62. The second kappa shape index (κ2) is 5.91. The van der Waals surface area contributed by atoms with E-state index in [-0.39, 0.29) is 0 Å². The second-order valence-corrected chi connectivity index (χ2v) is 6.58. The molecule has 2 aromatic rings. The molecule has 0 aliphatic heterocycles. The molecule has 2 aromatic carbocycles. The molecular weight excluding hydrogens is 294 g/mol. The van der Waals surface area contributed by atoms with Crippen molar-refractivity contribution in [3.8, 4) is 0 Å². The van der Waals surface area contributed by atoms with Gasteiger partial charge in [-0.15, -0.1) is 0 Å². The number of fused-ring (bicyclic) bond motifs is 1. The van der Waals surface area contributed by atoms with E-state index in [1.54, 1.807) is 32.9 Å². The largest absolute Gasteiger partial charge is 0.479 e. The van der Waals surface area contributed by atoms with Gasteiger partial charge in [0.25, 0.3) is 0 Å². The number of hydrogen-bond acceptors (Lipinski definition) is 3. The van der Waals surface area contributed by atoms with Gasteiger partial charge in [0.1, 0.15) is 5.60 Å². The average Bonchev–Trinajstić information content (AvgIpc) is 2.44. The first-order chi connectivity index (χ1) is 10.6. The molecule has 5 nitrogen and oxygen atoms in total. The highest BCUT2D eigenvalue weighted by molar-refractivity contribution is 5.94. The van der Waals surface area contributed by atoms with E-state index in [0.717, 1.165) is 10.8 Å². The fraction of sp³-hybridized carbons (Fsp3) is 0.333. The highest BCUT2D eigenvalue weighted by Gasteiger charge is 2.39. The predicted molar refractivity (Wildman–Crippen MR) is 88.3 cm³/mol. The zero-order valence-electron chi connectivity index (χ0n) is 13.7. The zero-order chi connectivity index (χ0) is 17.3. The lowest BCUT2D eigenvalue weighted by Crippen LogP contribution is -2.51. The molecule has 0 heterocycles. The summed E-state index contributed by atoms with van der Waals surface area (Å²) in [6, 6.07) is 12.8. The van der Waals surface area contributed by atoms with Gasteiger partial charge in [0.05, 0.1) is 0 Å². The maximum absolute atomic E-state index is 12.1. The molecule has 5 heteroatoms. The summed E-state index contributed by atoms with van der Waals surface area (Å²) in [7, 11) is 0. The predicted octanol–water partition coefficient (Wildman–Crippen LogP) is 3.66. The van der Waals surface area contributed by atoms with Crippen LogP contribution in [0.5, 0.6) is 0 Å². The van der Waals surface area contributed by atoms with Crippen LogP contribution in [0.3, 0.4) is 0 Å². The summed E-state index contributed by atoms with van der Waals surface area (Å²) in [5.74, 6) is -1.15. The molecule has 0 saturated carbocycles. The molecule has 0 fully saturated rings. The van der Waals surface area contributed by atoms with Gasteiger partial charge in [0.2, 0.25) is 0 Å². The Morgan fingerprint density at radius 2 is 1.61 bits per heavy atom. The second-order valence-electron chi connectivity index (χ2n) is 6.58. The molecule has 0 spiro atoms. The smallest absolute Gasteiger partial charge is 0.408 e. The molecular formula is C18H21NO4. The molecule has 1 amide bonds. The van der Waals surface area contributed by atoms with E-state index in [4.69, 9.17) is 4.74 Å². The number of carbonyl (C=O) groups excluding carboxylic acids is 1. The summed E-state index contributed by atoms with van der Waals surface area (Å²) in [6.07, 6.45) is -0.768. The first-order valence-corrected chi connectivity index (χ1v) is 7.36. The summed E-state index contributed by atoms with van der Waals surface area (Å²) in [5, 5.41) is 13.9. The van der Waals surface area contributed by atoms with Crippen LogP contribution in [-0.2, 0) is 15.1 Å². The number of aliphatic carboxylic acids is 1. The Hall–Kier alpha value is -2.56. The third-order valence-corrected chi connectivity index (χ3v) is 3.51. The molecule has 0 aliphatic carbocycles. The lowest BCUT2D eigenvalue weighted by atomic mass is 9.88. The number of carboxylic acid groups (broad SMARTS) is 1. The Kier molecular flexibility index (Phi) is 4.32. The van der Waals surface area contributed by atoms with Crippen LogP contribution in [0.25, 0.3) is 10.8 Å². The van der Waals surface area contributed by atoms with Crippen molar-refractivity contribution >= 4 is 22.8 Å². The van der Waals surface area contributed by atoms with Crippen molar-refractivity contribution in [2.45, 2.75) is 38.8 Å². The molecule has 0 aromatic heterocycles. The van der Waals surface area contributed by atoms with Gasteiger partial charge >= 0.3 is 12.1 Å². The molecule has 23 heavy (non-hydrogen) atoms. The third-order valence-electron chi connectivity index (χ3n) is 3.51. The zero-order valence-corrected chi connectivity index (χ0v) is 13.7. The van der Waals surface area contributed by atoms with E-state index in [9.17, 15) is 14.7 Å². The van der Waals surface area contributed by atoms with Gasteiger partial charge in [-0.2, -0.15) is 0 Å². The molecule has 1 atom stereocenters. The van der Waals surface area contributed by atoms with Crippen LogP contribution in [0, 0.1) is 0 Å². The normalized spacial score (nSPS) is 14.1. The van der Waals surface area contributed by atoms with E-state index in [1.807, 2.05) is 30.3 Å². The number of benzene rings is 2. The van der Waals surface area contributed by atoms with Gasteiger partial charge in [-0.3, -0.25) is 0 Å². The lowest BCUT2D eigenvalue weighted by molar-refractivity contribution is -0.144. The Morgan fingerprint density at radius 3 is 2.22 bits per heavy atom. The summed E-state index contributed by atoms with van der Waals surface area (Å²) in [6.45, 7) is 6.63. The van der Waals surface area contributed by atoms with Crippen LogP contribution in [-0.4, -0.2) is 22.8 Å². The standard InChI is InChI=1S/C18H21NO4/c1-17(2,3)23-16(22)19-18(4,15(20)21)14-11-7-9-12-8-5-6-10-13(12)14/h5-11H,1-4H3,(H,19,22)(H,20,21)/t18-/m1/s1. The fourth-order valence-electron chi connectivity index (χ4n) is 2.41. The SMILES string of the molecule is CC(C)(C)OC(=O)N[C@@](C)(C(=O)O)c1cccc2ccccc12. The van der Waals surface area contributed by atoms with Crippen LogP contribution in [0.2, 0.25) is 0 Å². The van der Waals surface area contributed by atoms with Crippen molar-refractivity contribution in [2.75, 3.05) is 0 Å². The number of hydrogen-bond donors (Lipinski definition) is 2. The van der Waals surface area contributed by atoms with E-state index in [2.05, 4.69) is 5.32 Å². The maximum Gasteiger partial charge on any atom is 0.408 e. The number of carbonyl (C=O) groups is 2. The van der Waals surface area contributed by atoms with Crippen LogP contribution >= 0.6 is 0 Å². The number of amides is 1. The highest BCUT2D eigenvalue weighted by atomic mass is 16.6. The Balaban J connectivity index is 2.48. The van der Waals surface area contributed by atoms with Crippen LogP contribution in [0.15, 0.2) is 42.5 Å². The van der Waals surface area contributed by atoms with E-state index < -0.39 is 23.2 Å². The van der Waals surface area contributed by atoms with Gasteiger partial charge < -0.3 is 15.2 Å². The average molecular weight is 315 g/mol. The van der Waals surface area contributed by atoms with Crippen molar-refractivity contribution in [3.63, 3.8) is 0 Å². The van der Waals surface area contributed by atoms with E-state index >= 15 is 0 Å². The minimum atomic E-state index is -1.59. The number of rotatable bonds is 3. The minimum Gasteiger partial charge on any atom is -0.479 e. The molecule has 0 unspecified atom stereocenters. The van der Waals surface area contributed by atoms with Crippen molar-refractivity contribution in [3.05, 3.63) is 48.0 Å². The molecule has 0 bridgehead atoms. The number of carboxylic acids is 1. The first-order valence-electron chi connectivity index (χ1n) is 7.36. The monoisotopic (exact) mass is 315 g/mol. The van der Waals surface area contributed by atoms with E-state index in [0.29, 0.717) is 5.56 Å². The van der Waals surface area contributed by atoms with Gasteiger partial charge in [-0.05, 0) is 44.0 Å². The minimum absolute atomic E-state index is 0.508. The molecule has 122 valence electrons. The molecule has 2 N–H and O–H groups in total. The summed E-state index contributed by atoms with van der Waals surface area (Å²) < 4.78 is 5.20. The van der Waals surface area contributed by atoms with Gasteiger partial charge in [0.15, 0.2) is 5.54 Å². The molecule has 2 rings (SSSR count). The lowest BCUT2D eigenvalue weighted by Gasteiger charge is -2.29. The van der Waals surface area contributed by atoms with Crippen molar-refractivity contribution in [1.29, 1.82) is 0 Å². The Morgan fingerprint density at radius 1 is 1.00 bits per heavy atom. The van der Waals surface area contributed by atoms with Crippen LogP contribution in [0.1, 0.15) is 33.3 Å². The maximum atomic E-state index is 12.1. The van der Waals surface area contributed by atoms with Crippen LogP contribution < -0.4 is 5.32 Å². The van der Waals surface area contributed by atoms with Crippen molar-refractivity contribution in [2.24, 2.45) is 0 Å². The van der Waals surface area contributed by atoms with Gasteiger partial charge in [-0.1, -0.05) is 42.5 Å². The number of alkyl carbamates (subject to hydrolysis) is 1. The summed E-state index contributed by atoms with van der Waals surface area (Å²) >= 11 is 0. The van der Waals surface area contributed by atoms with Crippen molar-refractivity contribution < 1.29 is 19.4 Å². The van der Waals surface area contributed by atoms with Gasteiger partial charge in [0, 0.05) is 0 Å². The number of nitrogens with one attached hydrogen (secondary N) is 1. The van der Waals surface area contributed by atoms with E-state index in [1.165, 1.54) is 6.92 Å². The summed E-state index contributed by atoms with van der Waals surface area (Å²) in [4.78, 5) is 24.0. The molecule has 0 saturated heterocycles. The molecule has 0 aliphatic rings. The Bertz CT molecular complexity index is 743. The van der Waals surface area contributed by atoms with Crippen molar-refractivity contribution in [1.82, 2.24) is 5.32 Å². The van der Waals surface area contributed by atoms with Crippen LogP contribution in [0.4, 0.5) is 4.79 Å². The number of ether oxygens (including phenoxy) is 1. The highest BCUT2D eigenvalue weighted by Crippen LogP contribution is 2.29. The van der Waals surface area contributed by atoms with Gasteiger partial charge in [-0.25, -0.2) is 9.59 Å². The Labute approximate surface area is 135 Å².